The number of hydrogen-bond acceptors (Lipinski definition) is 1. The molecule has 1 N–H and O–H groups in total. The minimum atomic E-state index is -0.140. The maximum absolute atomic E-state index is 12.3. The summed E-state index contributed by atoms with van der Waals surface area (Å²) < 4.78 is 2.61. The first-order valence-electron chi connectivity index (χ1n) is 5.50. The highest BCUT2D eigenvalue weighted by atomic mass is 79.9. The lowest BCUT2D eigenvalue weighted by Gasteiger charge is -2.10. The van der Waals surface area contributed by atoms with Crippen LogP contribution in [-0.2, 0) is 0 Å². The zero-order chi connectivity index (χ0) is 14.0. The molecule has 0 aliphatic heterocycles. The number of aryl methyl sites for hydroxylation is 1. The van der Waals surface area contributed by atoms with Gasteiger partial charge in [-0.2, -0.15) is 0 Å². The van der Waals surface area contributed by atoms with Gasteiger partial charge in [-0.05, 0) is 68.6 Å². The molecule has 0 atom stereocenters. The molecule has 2 aromatic rings. The molecule has 0 fully saturated rings. The summed E-state index contributed by atoms with van der Waals surface area (Å²) in [6.45, 7) is 1.95. The van der Waals surface area contributed by atoms with Crippen molar-refractivity contribution in [2.45, 2.75) is 6.92 Å². The summed E-state index contributed by atoms with van der Waals surface area (Å²) in [7, 11) is 0. The predicted octanol–water partition coefficient (Wildman–Crippen LogP) is 5.53. The van der Waals surface area contributed by atoms with Gasteiger partial charge in [0.05, 0.1) is 11.3 Å². The summed E-state index contributed by atoms with van der Waals surface area (Å²) in [5.74, 6) is -0.140. The molecule has 2 aromatic carbocycles. The third kappa shape index (κ3) is 3.46. The van der Waals surface area contributed by atoms with Crippen LogP contribution in [0.2, 0.25) is 0 Å². The van der Waals surface area contributed by atoms with E-state index >= 15 is 0 Å². The van der Waals surface area contributed by atoms with Gasteiger partial charge in [0.2, 0.25) is 0 Å². The number of nitrogens with one attached hydrogen (secondary N) is 1. The fourth-order valence-corrected chi connectivity index (χ4v) is 3.19. The molecule has 0 bridgehead atoms. The van der Waals surface area contributed by atoms with E-state index in [1.54, 1.807) is 6.07 Å². The van der Waals surface area contributed by atoms with Gasteiger partial charge in [-0.15, -0.1) is 0 Å². The van der Waals surface area contributed by atoms with Crippen LogP contribution in [0.5, 0.6) is 0 Å². The van der Waals surface area contributed by atoms with Gasteiger partial charge in [0.1, 0.15) is 0 Å². The van der Waals surface area contributed by atoms with Crippen LogP contribution < -0.4 is 5.32 Å². The van der Waals surface area contributed by atoms with Gasteiger partial charge in [0, 0.05) is 13.4 Å². The molecular weight excluding hydrogens is 438 g/mol. The van der Waals surface area contributed by atoms with Crippen LogP contribution in [0.3, 0.4) is 0 Å². The summed E-state index contributed by atoms with van der Waals surface area (Å²) in [6.07, 6.45) is 0. The van der Waals surface area contributed by atoms with Crippen LogP contribution in [0.1, 0.15) is 15.9 Å². The van der Waals surface area contributed by atoms with E-state index in [9.17, 15) is 4.79 Å². The molecule has 0 aliphatic rings. The molecule has 0 radical (unpaired) electrons. The Kier molecular flexibility index (Phi) is 4.81. The minimum absolute atomic E-state index is 0.140. The number of anilines is 1. The van der Waals surface area contributed by atoms with Gasteiger partial charge in [0.25, 0.3) is 5.91 Å². The fraction of sp³-hybridized carbons (Fsp3) is 0.0714. The van der Waals surface area contributed by atoms with Gasteiger partial charge in [0.15, 0.2) is 0 Å². The summed E-state index contributed by atoms with van der Waals surface area (Å²) in [5, 5.41) is 2.89. The van der Waals surface area contributed by atoms with Crippen LogP contribution in [0, 0.1) is 6.92 Å². The molecular formula is C14H10Br3NO. The Bertz CT molecular complexity index is 641. The summed E-state index contributed by atoms with van der Waals surface area (Å²) >= 11 is 10.2. The molecule has 0 unspecified atom stereocenters. The molecule has 2 nitrogen and oxygen atoms in total. The van der Waals surface area contributed by atoms with Crippen LogP contribution in [0.25, 0.3) is 0 Å². The van der Waals surface area contributed by atoms with Crippen molar-refractivity contribution in [1.82, 2.24) is 0 Å². The van der Waals surface area contributed by atoms with Gasteiger partial charge < -0.3 is 5.32 Å². The van der Waals surface area contributed by atoms with E-state index < -0.39 is 0 Å². The first-order valence-corrected chi connectivity index (χ1v) is 7.88. The Morgan fingerprint density at radius 2 is 1.84 bits per heavy atom. The van der Waals surface area contributed by atoms with E-state index in [2.05, 4.69) is 53.1 Å². The van der Waals surface area contributed by atoms with Gasteiger partial charge in [-0.3, -0.25) is 4.79 Å². The van der Waals surface area contributed by atoms with Crippen molar-refractivity contribution < 1.29 is 4.79 Å². The van der Waals surface area contributed by atoms with Crippen molar-refractivity contribution in [3.63, 3.8) is 0 Å². The van der Waals surface area contributed by atoms with Crippen molar-refractivity contribution >= 4 is 59.4 Å². The third-order valence-corrected chi connectivity index (χ3v) is 4.82. The molecule has 0 saturated heterocycles. The molecule has 19 heavy (non-hydrogen) atoms. The molecule has 5 heteroatoms. The Hall–Kier alpha value is -0.650. The Morgan fingerprint density at radius 3 is 2.53 bits per heavy atom. The molecule has 2 rings (SSSR count). The third-order valence-electron chi connectivity index (χ3n) is 2.62. The van der Waals surface area contributed by atoms with E-state index in [0.717, 1.165) is 24.7 Å². The zero-order valence-corrected chi connectivity index (χ0v) is 14.8. The lowest BCUT2D eigenvalue weighted by Crippen LogP contribution is -2.13. The lowest BCUT2D eigenvalue weighted by molar-refractivity contribution is 0.102. The van der Waals surface area contributed by atoms with E-state index in [0.29, 0.717) is 5.56 Å². The second-order valence-electron chi connectivity index (χ2n) is 4.01. The molecule has 0 heterocycles. The van der Waals surface area contributed by atoms with Crippen molar-refractivity contribution in [1.29, 1.82) is 0 Å². The number of halogens is 3. The predicted molar refractivity (Wildman–Crippen MR) is 88.7 cm³/mol. The summed E-state index contributed by atoms with van der Waals surface area (Å²) in [6, 6.07) is 11.2. The highest BCUT2D eigenvalue weighted by Crippen LogP contribution is 2.28. The maximum Gasteiger partial charge on any atom is 0.256 e. The largest absolute Gasteiger partial charge is 0.321 e. The van der Waals surface area contributed by atoms with Crippen molar-refractivity contribution in [3.05, 3.63) is 60.9 Å². The molecule has 98 valence electrons. The smallest absolute Gasteiger partial charge is 0.256 e. The number of benzene rings is 2. The highest BCUT2D eigenvalue weighted by Gasteiger charge is 2.12. The normalized spacial score (nSPS) is 10.3. The van der Waals surface area contributed by atoms with E-state index in [4.69, 9.17) is 0 Å². The standard InChI is InChI=1S/C14H10Br3NO/c1-8-3-2-4-10(13(8)17)14(19)18-12-6-5-9(15)7-11(12)16/h2-7H,1H3,(H,18,19). The van der Waals surface area contributed by atoms with Gasteiger partial charge in [-0.25, -0.2) is 0 Å². The average molecular weight is 448 g/mol. The Labute approximate surface area is 137 Å². The van der Waals surface area contributed by atoms with Crippen LogP contribution >= 0.6 is 47.8 Å². The molecule has 1 amide bonds. The molecule has 0 aliphatic carbocycles. The van der Waals surface area contributed by atoms with E-state index in [1.807, 2.05) is 37.3 Å². The number of carbonyl (C=O) groups excluding carboxylic acids is 1. The SMILES string of the molecule is Cc1cccc(C(=O)Nc2ccc(Br)cc2Br)c1Br. The van der Waals surface area contributed by atoms with Crippen molar-refractivity contribution in [2.24, 2.45) is 0 Å². The van der Waals surface area contributed by atoms with Crippen LogP contribution in [0.4, 0.5) is 5.69 Å². The van der Waals surface area contributed by atoms with Gasteiger partial charge >= 0.3 is 0 Å². The number of hydrogen-bond donors (Lipinski definition) is 1. The Balaban J connectivity index is 2.28. The Morgan fingerprint density at radius 1 is 1.11 bits per heavy atom. The molecule has 0 aromatic heterocycles. The number of rotatable bonds is 2. The monoisotopic (exact) mass is 445 g/mol. The fourth-order valence-electron chi connectivity index (χ4n) is 1.60. The van der Waals surface area contributed by atoms with Gasteiger partial charge in [-0.1, -0.05) is 28.1 Å². The first-order chi connectivity index (χ1) is 8.99. The average Bonchev–Trinajstić information content (AvgIpc) is 2.36. The summed E-state index contributed by atoms with van der Waals surface area (Å²) in [5.41, 5.74) is 2.39. The molecule has 0 spiro atoms. The zero-order valence-electron chi connectivity index (χ0n) is 10.0. The van der Waals surface area contributed by atoms with Crippen molar-refractivity contribution in [3.8, 4) is 0 Å². The quantitative estimate of drug-likeness (QED) is 0.643. The highest BCUT2D eigenvalue weighted by molar-refractivity contribution is 9.11. The lowest BCUT2D eigenvalue weighted by atomic mass is 10.1. The van der Waals surface area contributed by atoms with E-state index in [1.165, 1.54) is 0 Å². The second kappa shape index (κ2) is 6.20. The first kappa shape index (κ1) is 14.8. The number of carbonyl (C=O) groups is 1. The minimum Gasteiger partial charge on any atom is -0.321 e. The second-order valence-corrected chi connectivity index (χ2v) is 6.58. The summed E-state index contributed by atoms with van der Waals surface area (Å²) in [4.78, 5) is 12.3. The topological polar surface area (TPSA) is 29.1 Å². The molecule has 0 saturated carbocycles. The maximum atomic E-state index is 12.3. The number of amides is 1. The van der Waals surface area contributed by atoms with Crippen LogP contribution in [0.15, 0.2) is 49.8 Å². The van der Waals surface area contributed by atoms with Crippen molar-refractivity contribution in [2.75, 3.05) is 5.32 Å². The van der Waals surface area contributed by atoms with E-state index in [-0.39, 0.29) is 5.91 Å². The van der Waals surface area contributed by atoms with Crippen LogP contribution in [-0.4, -0.2) is 5.91 Å².